The topological polar surface area (TPSA) is 54.9 Å². The van der Waals surface area contributed by atoms with Gasteiger partial charge in [0.05, 0.1) is 13.2 Å². The molecule has 1 heterocycles. The summed E-state index contributed by atoms with van der Waals surface area (Å²) in [5.41, 5.74) is 1.15. The van der Waals surface area contributed by atoms with Crippen molar-refractivity contribution in [3.8, 4) is 5.75 Å². The number of guanidine groups is 1. The van der Waals surface area contributed by atoms with Crippen molar-refractivity contribution < 1.29 is 27.0 Å². The molecular formula is C21H24F4IN3O2. The average molecular weight is 553 g/mol. The minimum atomic E-state index is -1.45. The predicted octanol–water partition coefficient (Wildman–Crippen LogP) is 4.20. The van der Waals surface area contributed by atoms with E-state index in [2.05, 4.69) is 15.6 Å². The van der Waals surface area contributed by atoms with E-state index in [-0.39, 0.29) is 42.1 Å². The highest BCUT2D eigenvalue weighted by Crippen LogP contribution is 2.24. The molecule has 2 N–H and O–H groups in total. The number of rotatable bonds is 6. The van der Waals surface area contributed by atoms with Gasteiger partial charge in [-0.2, -0.15) is 0 Å². The molecule has 31 heavy (non-hydrogen) atoms. The van der Waals surface area contributed by atoms with Crippen LogP contribution in [0.5, 0.6) is 5.75 Å². The molecule has 2 aromatic carbocycles. The standard InChI is InChI=1S/C21H23F4N3O2.HI/c1-12-3-4-13(18(7-12)30-14-5-6-29-11-14)9-27-21(26-2)28-10-15-19(24)16(22)8-17(23)20(15)25;/h3-4,7-8,14H,5-6,9-11H2,1-2H3,(H2,26,27,28);1H. The number of benzene rings is 2. The number of nitrogens with one attached hydrogen (secondary N) is 2. The van der Waals surface area contributed by atoms with Crippen LogP contribution in [-0.4, -0.2) is 32.3 Å². The van der Waals surface area contributed by atoms with Crippen LogP contribution in [0.15, 0.2) is 29.3 Å². The summed E-state index contributed by atoms with van der Waals surface area (Å²) < 4.78 is 65.7. The quantitative estimate of drug-likeness (QED) is 0.185. The van der Waals surface area contributed by atoms with Gasteiger partial charge in [0, 0.05) is 43.8 Å². The Kier molecular flexibility index (Phi) is 9.35. The Morgan fingerprint density at radius 1 is 1.10 bits per heavy atom. The van der Waals surface area contributed by atoms with Crippen LogP contribution in [0.4, 0.5) is 17.6 Å². The third-order valence-electron chi connectivity index (χ3n) is 4.71. The Hall–Kier alpha value is -2.08. The van der Waals surface area contributed by atoms with Crippen molar-refractivity contribution in [2.45, 2.75) is 32.5 Å². The summed E-state index contributed by atoms with van der Waals surface area (Å²) >= 11 is 0. The second kappa shape index (κ2) is 11.5. The molecule has 3 rings (SSSR count). The predicted molar refractivity (Wildman–Crippen MR) is 120 cm³/mol. The first kappa shape index (κ1) is 25.2. The molecule has 0 spiro atoms. The molecule has 1 aliphatic rings. The van der Waals surface area contributed by atoms with Crippen molar-refractivity contribution in [1.82, 2.24) is 10.6 Å². The first-order chi connectivity index (χ1) is 14.4. The first-order valence-corrected chi connectivity index (χ1v) is 9.49. The van der Waals surface area contributed by atoms with Gasteiger partial charge in [-0.3, -0.25) is 4.99 Å². The fourth-order valence-corrected chi connectivity index (χ4v) is 3.05. The van der Waals surface area contributed by atoms with E-state index in [1.165, 1.54) is 7.05 Å². The molecule has 1 atom stereocenters. The molecule has 5 nitrogen and oxygen atoms in total. The summed E-state index contributed by atoms with van der Waals surface area (Å²) in [7, 11) is 1.47. The van der Waals surface area contributed by atoms with E-state index in [9.17, 15) is 17.6 Å². The van der Waals surface area contributed by atoms with Crippen molar-refractivity contribution in [2.24, 2.45) is 4.99 Å². The molecule has 0 amide bonds. The third kappa shape index (κ3) is 6.45. The van der Waals surface area contributed by atoms with Crippen molar-refractivity contribution in [3.05, 3.63) is 64.2 Å². The van der Waals surface area contributed by atoms with Crippen LogP contribution >= 0.6 is 24.0 Å². The zero-order valence-corrected chi connectivity index (χ0v) is 19.4. The summed E-state index contributed by atoms with van der Waals surface area (Å²) in [5, 5.41) is 5.66. The second-order valence-electron chi connectivity index (χ2n) is 6.94. The van der Waals surface area contributed by atoms with Gasteiger partial charge < -0.3 is 20.1 Å². The zero-order valence-electron chi connectivity index (χ0n) is 17.1. The average Bonchev–Trinajstić information content (AvgIpc) is 3.23. The Bertz CT molecular complexity index is 911. The van der Waals surface area contributed by atoms with Crippen LogP contribution in [0.2, 0.25) is 0 Å². The van der Waals surface area contributed by atoms with Gasteiger partial charge in [0.2, 0.25) is 0 Å². The molecule has 10 heteroatoms. The van der Waals surface area contributed by atoms with E-state index >= 15 is 0 Å². The Labute approximate surface area is 195 Å². The number of hydrogen-bond donors (Lipinski definition) is 2. The van der Waals surface area contributed by atoms with Crippen molar-refractivity contribution in [1.29, 1.82) is 0 Å². The fourth-order valence-electron chi connectivity index (χ4n) is 3.05. The SMILES string of the molecule is CN=C(NCc1ccc(C)cc1OC1CCOC1)NCc1c(F)c(F)cc(F)c1F.I. The van der Waals surface area contributed by atoms with Gasteiger partial charge in [-0.25, -0.2) is 17.6 Å². The van der Waals surface area contributed by atoms with Crippen molar-refractivity contribution >= 4 is 29.9 Å². The molecule has 0 bridgehead atoms. The van der Waals surface area contributed by atoms with Gasteiger partial charge in [0.1, 0.15) is 11.9 Å². The monoisotopic (exact) mass is 553 g/mol. The van der Waals surface area contributed by atoms with Gasteiger partial charge in [-0.05, 0) is 18.6 Å². The van der Waals surface area contributed by atoms with E-state index in [4.69, 9.17) is 9.47 Å². The molecule has 170 valence electrons. The number of hydrogen-bond acceptors (Lipinski definition) is 3. The van der Waals surface area contributed by atoms with Crippen LogP contribution in [-0.2, 0) is 17.8 Å². The smallest absolute Gasteiger partial charge is 0.191 e. The van der Waals surface area contributed by atoms with Gasteiger partial charge >= 0.3 is 0 Å². The maximum atomic E-state index is 13.8. The maximum Gasteiger partial charge on any atom is 0.191 e. The lowest BCUT2D eigenvalue weighted by atomic mass is 10.1. The van der Waals surface area contributed by atoms with Crippen molar-refractivity contribution in [2.75, 3.05) is 20.3 Å². The lowest BCUT2D eigenvalue weighted by molar-refractivity contribution is 0.140. The molecular weight excluding hydrogens is 529 g/mol. The maximum absolute atomic E-state index is 13.8. The molecule has 0 saturated carbocycles. The Morgan fingerprint density at radius 3 is 2.39 bits per heavy atom. The summed E-state index contributed by atoms with van der Waals surface area (Å²) in [6.45, 7) is 2.98. The van der Waals surface area contributed by atoms with Gasteiger partial charge in [-0.1, -0.05) is 12.1 Å². The molecule has 1 saturated heterocycles. The number of aliphatic imine (C=N–C) groups is 1. The Morgan fingerprint density at radius 2 is 1.77 bits per heavy atom. The largest absolute Gasteiger partial charge is 0.488 e. The fraction of sp³-hybridized carbons (Fsp3) is 0.381. The van der Waals surface area contributed by atoms with Gasteiger partial charge in [-0.15, -0.1) is 24.0 Å². The minimum absolute atomic E-state index is 0. The molecule has 1 unspecified atom stereocenters. The summed E-state index contributed by atoms with van der Waals surface area (Å²) in [6, 6.07) is 5.94. The van der Waals surface area contributed by atoms with Gasteiger partial charge in [0.15, 0.2) is 29.2 Å². The van der Waals surface area contributed by atoms with E-state index < -0.39 is 35.4 Å². The van der Waals surface area contributed by atoms with Crippen molar-refractivity contribution in [3.63, 3.8) is 0 Å². The van der Waals surface area contributed by atoms with E-state index in [1.807, 2.05) is 25.1 Å². The van der Waals surface area contributed by atoms with E-state index in [0.29, 0.717) is 25.5 Å². The minimum Gasteiger partial charge on any atom is -0.488 e. The van der Waals surface area contributed by atoms with Crippen LogP contribution in [0.25, 0.3) is 0 Å². The molecule has 0 radical (unpaired) electrons. The highest BCUT2D eigenvalue weighted by atomic mass is 127. The number of ether oxygens (including phenoxy) is 2. The molecule has 0 aromatic heterocycles. The zero-order chi connectivity index (χ0) is 21.7. The first-order valence-electron chi connectivity index (χ1n) is 9.49. The van der Waals surface area contributed by atoms with Crippen LogP contribution in [0.3, 0.4) is 0 Å². The molecule has 0 aliphatic carbocycles. The summed E-state index contributed by atoms with van der Waals surface area (Å²) in [4.78, 5) is 3.97. The van der Waals surface area contributed by atoms with E-state index in [0.717, 1.165) is 17.5 Å². The highest BCUT2D eigenvalue weighted by molar-refractivity contribution is 14.0. The normalized spacial score (nSPS) is 16.1. The number of halogens is 5. The number of aryl methyl sites for hydroxylation is 1. The summed E-state index contributed by atoms with van der Waals surface area (Å²) in [6.07, 6.45) is 0.794. The second-order valence-corrected chi connectivity index (χ2v) is 6.94. The van der Waals surface area contributed by atoms with Crippen LogP contribution < -0.4 is 15.4 Å². The summed E-state index contributed by atoms with van der Waals surface area (Å²) in [5.74, 6) is -4.88. The Balaban J connectivity index is 0.00000341. The lowest BCUT2D eigenvalue weighted by Crippen LogP contribution is -2.37. The highest BCUT2D eigenvalue weighted by Gasteiger charge is 2.20. The molecule has 1 aliphatic heterocycles. The molecule has 2 aromatic rings. The third-order valence-corrected chi connectivity index (χ3v) is 4.71. The molecule has 1 fully saturated rings. The van der Waals surface area contributed by atoms with Crippen LogP contribution in [0, 0.1) is 30.2 Å². The lowest BCUT2D eigenvalue weighted by Gasteiger charge is -2.18. The van der Waals surface area contributed by atoms with Crippen LogP contribution in [0.1, 0.15) is 23.1 Å². The van der Waals surface area contributed by atoms with Gasteiger partial charge in [0.25, 0.3) is 0 Å². The van der Waals surface area contributed by atoms with E-state index in [1.54, 1.807) is 0 Å². The number of nitrogens with zero attached hydrogens (tertiary/aromatic N) is 1.